The predicted octanol–water partition coefficient (Wildman–Crippen LogP) is 18.9. The predicted molar refractivity (Wildman–Crippen MR) is 297 cm³/mol. The second-order valence-corrected chi connectivity index (χ2v) is 18.7. The van der Waals surface area contributed by atoms with E-state index in [9.17, 15) is 5.41 Å². The van der Waals surface area contributed by atoms with Gasteiger partial charge in [0, 0.05) is 31.3 Å². The molecule has 1 unspecified atom stereocenters. The van der Waals surface area contributed by atoms with Crippen LogP contribution in [0.1, 0.15) is 72.9 Å². The third kappa shape index (κ3) is 8.35. The van der Waals surface area contributed by atoms with Crippen LogP contribution in [-0.2, 0) is 5.41 Å². The van der Waals surface area contributed by atoms with E-state index in [0.717, 1.165) is 69.5 Å². The second kappa shape index (κ2) is 20.3. The van der Waals surface area contributed by atoms with E-state index in [1.807, 2.05) is 60.7 Å². The SMILES string of the molecule is C=CC.C=CCCC.N=C(/C=C(/c1ccccc1)c1ccc2c(c1)sc1ccccc12)c1ccc(-c2cccc3c2Oc2ccc4c(c2O3)-c2ccccc2C4(C2=CCCC=C2)c2ccccc2)cc1. The van der Waals surface area contributed by atoms with Crippen molar-refractivity contribution in [1.29, 1.82) is 5.41 Å². The molecule has 2 aliphatic carbocycles. The van der Waals surface area contributed by atoms with Gasteiger partial charge in [-0.15, -0.1) is 24.5 Å². The number of hydrogen-bond donors (Lipinski definition) is 1. The molecule has 0 amide bonds. The van der Waals surface area contributed by atoms with Crippen LogP contribution in [0.2, 0.25) is 0 Å². The molecule has 0 bridgehead atoms. The number of rotatable bonds is 9. The first-order chi connectivity index (χ1) is 34.5. The Morgan fingerprint density at radius 2 is 1.30 bits per heavy atom. The summed E-state index contributed by atoms with van der Waals surface area (Å²) in [6.07, 6.45) is 17.2. The number of benzene rings is 8. The number of unbranched alkanes of at least 4 members (excludes halogenated alkanes) is 1. The molecule has 0 spiro atoms. The molecule has 342 valence electrons. The van der Waals surface area contributed by atoms with E-state index in [1.165, 1.54) is 48.9 Å². The first kappa shape index (κ1) is 45.7. The van der Waals surface area contributed by atoms with E-state index in [2.05, 4.69) is 190 Å². The van der Waals surface area contributed by atoms with Crippen molar-refractivity contribution in [3.8, 4) is 45.3 Å². The van der Waals surface area contributed by atoms with Gasteiger partial charge in [-0.05, 0) is 112 Å². The molecule has 70 heavy (non-hydrogen) atoms. The summed E-state index contributed by atoms with van der Waals surface area (Å²) in [6, 6.07) is 64.0. The van der Waals surface area contributed by atoms with Crippen LogP contribution in [-0.4, -0.2) is 5.71 Å². The van der Waals surface area contributed by atoms with Crippen molar-refractivity contribution in [3.63, 3.8) is 0 Å². The molecule has 1 aromatic heterocycles. The van der Waals surface area contributed by atoms with Gasteiger partial charge in [0.05, 0.1) is 11.1 Å². The van der Waals surface area contributed by atoms with E-state index in [1.54, 1.807) is 6.08 Å². The van der Waals surface area contributed by atoms with Crippen molar-refractivity contribution in [3.05, 3.63) is 271 Å². The fraction of sp³-hybridized carbons (Fsp3) is 0.106. The largest absolute Gasteiger partial charge is 0.449 e. The second-order valence-electron chi connectivity index (χ2n) is 17.7. The number of nitrogens with one attached hydrogen (secondary N) is 1. The molecule has 1 atom stereocenters. The zero-order valence-corrected chi connectivity index (χ0v) is 40.6. The monoisotopic (exact) mass is 925 g/mol. The highest BCUT2D eigenvalue weighted by Gasteiger charge is 2.49. The number of thiophene rings is 1. The summed E-state index contributed by atoms with van der Waals surface area (Å²) in [4.78, 5) is 0. The van der Waals surface area contributed by atoms with Gasteiger partial charge in [-0.3, -0.25) is 0 Å². The molecule has 8 aromatic carbocycles. The first-order valence-electron chi connectivity index (χ1n) is 24.2. The van der Waals surface area contributed by atoms with Gasteiger partial charge >= 0.3 is 0 Å². The maximum Gasteiger partial charge on any atom is 0.178 e. The number of para-hydroxylation sites is 1. The summed E-state index contributed by atoms with van der Waals surface area (Å²) in [6.45, 7) is 10.9. The Bertz CT molecular complexity index is 3500. The van der Waals surface area contributed by atoms with E-state index in [4.69, 9.17) is 9.47 Å². The summed E-state index contributed by atoms with van der Waals surface area (Å²) in [5.74, 6) is 2.80. The van der Waals surface area contributed by atoms with Crippen LogP contribution in [0, 0.1) is 5.41 Å². The van der Waals surface area contributed by atoms with Crippen molar-refractivity contribution in [2.24, 2.45) is 0 Å². The van der Waals surface area contributed by atoms with Crippen LogP contribution < -0.4 is 9.47 Å². The molecule has 1 N–H and O–H groups in total. The lowest BCUT2D eigenvalue weighted by atomic mass is 9.66. The Hall–Kier alpha value is -8.05. The topological polar surface area (TPSA) is 42.3 Å². The first-order valence-corrected chi connectivity index (χ1v) is 25.0. The highest BCUT2D eigenvalue weighted by atomic mass is 32.1. The smallest absolute Gasteiger partial charge is 0.178 e. The highest BCUT2D eigenvalue weighted by molar-refractivity contribution is 7.25. The van der Waals surface area contributed by atoms with E-state index in [-0.39, 0.29) is 0 Å². The molecule has 0 saturated carbocycles. The average molecular weight is 926 g/mol. The fourth-order valence-electron chi connectivity index (χ4n) is 10.1. The van der Waals surface area contributed by atoms with Gasteiger partial charge in [0.2, 0.25) is 0 Å². The minimum Gasteiger partial charge on any atom is -0.449 e. The van der Waals surface area contributed by atoms with Gasteiger partial charge in [0.15, 0.2) is 23.0 Å². The Balaban J connectivity index is 0.000000662. The van der Waals surface area contributed by atoms with E-state index in [0.29, 0.717) is 23.0 Å². The highest BCUT2D eigenvalue weighted by Crippen LogP contribution is 2.63. The standard InChI is InChI=1S/C58H39NO2S.C5H10.C3H6/c59-50(36-47(37-15-4-1-5-16-37)40-31-32-45-44-21-11-13-26-53(44)62-54(45)35-40)39-29-27-38(28-30-39)43-23-14-25-51-56(43)60-52-34-33-49-55(57(52)61-51)46-22-10-12-24-48(46)58(49,41-17-6-2-7-18-41)42-19-8-3-9-20-42;1-3-5-4-2;1-3-2/h1-2,4-8,10-36,59H,3,9H2;3H,1,4-5H2,2H3;3H,1H2,2H3/b47-36-,59-50?;;. The van der Waals surface area contributed by atoms with Crippen LogP contribution in [0.15, 0.2) is 237 Å². The average Bonchev–Trinajstić information content (AvgIpc) is 3.94. The summed E-state index contributed by atoms with van der Waals surface area (Å²) in [5.41, 5.74) is 13.1. The normalized spacial score (nSPS) is 15.0. The maximum atomic E-state index is 9.35. The van der Waals surface area contributed by atoms with Gasteiger partial charge < -0.3 is 14.9 Å². The number of allylic oxidation sites excluding steroid dienone is 7. The zero-order chi connectivity index (χ0) is 48.0. The Labute approximate surface area is 416 Å². The lowest BCUT2D eigenvalue weighted by molar-refractivity contribution is 0.361. The molecule has 9 aromatic rings. The lowest BCUT2D eigenvalue weighted by Crippen LogP contribution is -2.29. The molecule has 12 rings (SSSR count). The summed E-state index contributed by atoms with van der Waals surface area (Å²) >= 11 is 1.81. The molecule has 0 fully saturated rings. The molecule has 4 heteroatoms. The molecular weight excluding hydrogens is 871 g/mol. The summed E-state index contributed by atoms with van der Waals surface area (Å²) in [5, 5.41) is 11.9. The Morgan fingerprint density at radius 1 is 0.629 bits per heavy atom. The molecular formula is C66H55NO2S. The van der Waals surface area contributed by atoms with Gasteiger partial charge in [-0.2, -0.15) is 0 Å². The third-order valence-electron chi connectivity index (χ3n) is 13.2. The van der Waals surface area contributed by atoms with Crippen LogP contribution in [0.4, 0.5) is 0 Å². The molecule has 2 heterocycles. The van der Waals surface area contributed by atoms with Crippen molar-refractivity contribution in [2.75, 3.05) is 0 Å². The Morgan fingerprint density at radius 3 is 2.04 bits per heavy atom. The molecule has 0 radical (unpaired) electrons. The summed E-state index contributed by atoms with van der Waals surface area (Å²) < 4.78 is 16.4. The van der Waals surface area contributed by atoms with Gasteiger partial charge in [-0.25, -0.2) is 0 Å². The molecule has 3 nitrogen and oxygen atoms in total. The van der Waals surface area contributed by atoms with Crippen molar-refractivity contribution in [2.45, 2.75) is 44.9 Å². The van der Waals surface area contributed by atoms with Gasteiger partial charge in [0.25, 0.3) is 0 Å². The van der Waals surface area contributed by atoms with E-state index < -0.39 is 5.41 Å². The molecule has 0 saturated heterocycles. The Kier molecular flexibility index (Phi) is 13.2. The lowest BCUT2D eigenvalue weighted by Gasteiger charge is -2.36. The van der Waals surface area contributed by atoms with E-state index >= 15 is 0 Å². The number of ether oxygens (including phenoxy) is 2. The van der Waals surface area contributed by atoms with Crippen molar-refractivity contribution < 1.29 is 9.47 Å². The number of fused-ring (bicyclic) bond motifs is 9. The van der Waals surface area contributed by atoms with Crippen LogP contribution in [0.5, 0.6) is 23.0 Å². The fourth-order valence-corrected chi connectivity index (χ4v) is 11.3. The van der Waals surface area contributed by atoms with Gasteiger partial charge in [0.1, 0.15) is 0 Å². The van der Waals surface area contributed by atoms with Crippen LogP contribution >= 0.6 is 11.3 Å². The minimum atomic E-state index is -0.482. The summed E-state index contributed by atoms with van der Waals surface area (Å²) in [7, 11) is 0. The van der Waals surface area contributed by atoms with Crippen LogP contribution in [0.25, 0.3) is 48.0 Å². The quantitative estimate of drug-likeness (QED) is 0.116. The van der Waals surface area contributed by atoms with Crippen molar-refractivity contribution >= 4 is 42.8 Å². The van der Waals surface area contributed by atoms with Crippen molar-refractivity contribution in [1.82, 2.24) is 0 Å². The van der Waals surface area contributed by atoms with Crippen LogP contribution in [0.3, 0.4) is 0 Å². The maximum absolute atomic E-state index is 9.35. The molecule has 3 aliphatic rings. The van der Waals surface area contributed by atoms with Gasteiger partial charge in [-0.1, -0.05) is 201 Å². The zero-order valence-electron chi connectivity index (χ0n) is 39.8. The minimum absolute atomic E-state index is 0.440. The third-order valence-corrected chi connectivity index (χ3v) is 14.4. The number of hydrogen-bond acceptors (Lipinski definition) is 4. The molecule has 1 aliphatic heterocycles.